The Kier molecular flexibility index (Phi) is 6.33. The molecule has 1 aliphatic rings. The van der Waals surface area contributed by atoms with Crippen molar-refractivity contribution in [3.05, 3.63) is 28.2 Å². The van der Waals surface area contributed by atoms with Crippen molar-refractivity contribution in [3.63, 3.8) is 0 Å². The van der Waals surface area contributed by atoms with Crippen LogP contribution in [0.4, 0.5) is 0 Å². The molecular formula is C16H24BrNO2. The van der Waals surface area contributed by atoms with E-state index >= 15 is 0 Å². The summed E-state index contributed by atoms with van der Waals surface area (Å²) in [5.41, 5.74) is 1.21. The number of methoxy groups -OCH3 is 1. The molecule has 4 heteroatoms. The minimum Gasteiger partial charge on any atom is -0.497 e. The fourth-order valence-electron chi connectivity index (χ4n) is 3.00. The molecule has 0 aromatic heterocycles. The molecule has 112 valence electrons. The third kappa shape index (κ3) is 4.21. The Morgan fingerprint density at radius 3 is 2.75 bits per heavy atom. The molecule has 0 saturated heterocycles. The number of nitrogens with one attached hydrogen (secondary N) is 1. The molecule has 2 rings (SSSR count). The Bertz CT molecular complexity index is 425. The number of aliphatic hydroxyl groups excluding tert-OH is 1. The van der Waals surface area contributed by atoms with Crippen LogP contribution in [0.15, 0.2) is 22.7 Å². The third-order valence-electron chi connectivity index (χ3n) is 4.28. The molecule has 0 spiro atoms. The topological polar surface area (TPSA) is 41.5 Å². The first-order valence-corrected chi connectivity index (χ1v) is 8.18. The molecule has 3 nitrogen and oxygen atoms in total. The lowest BCUT2D eigenvalue weighted by molar-refractivity contribution is 0.133. The van der Waals surface area contributed by atoms with Crippen molar-refractivity contribution >= 4 is 15.9 Å². The van der Waals surface area contributed by atoms with Gasteiger partial charge in [0.05, 0.1) is 7.11 Å². The van der Waals surface area contributed by atoms with E-state index in [1.807, 2.05) is 12.1 Å². The van der Waals surface area contributed by atoms with Crippen molar-refractivity contribution < 1.29 is 9.84 Å². The van der Waals surface area contributed by atoms with Crippen LogP contribution in [0, 0.1) is 11.8 Å². The smallest absolute Gasteiger partial charge is 0.119 e. The number of rotatable bonds is 6. The van der Waals surface area contributed by atoms with Crippen molar-refractivity contribution in [2.75, 3.05) is 20.3 Å². The van der Waals surface area contributed by atoms with Crippen molar-refractivity contribution in [2.24, 2.45) is 11.8 Å². The van der Waals surface area contributed by atoms with Crippen molar-refractivity contribution in [3.8, 4) is 5.75 Å². The lowest BCUT2D eigenvalue weighted by Crippen LogP contribution is -2.32. The molecule has 0 aliphatic heterocycles. The summed E-state index contributed by atoms with van der Waals surface area (Å²) in [6, 6.07) is 6.03. The van der Waals surface area contributed by atoms with Gasteiger partial charge in [0, 0.05) is 17.6 Å². The van der Waals surface area contributed by atoms with E-state index in [1.165, 1.54) is 31.2 Å². The summed E-state index contributed by atoms with van der Waals surface area (Å²) in [4.78, 5) is 0. The van der Waals surface area contributed by atoms with Crippen LogP contribution in [-0.4, -0.2) is 25.4 Å². The predicted octanol–water partition coefficient (Wildman–Crippen LogP) is 3.35. The molecule has 0 bridgehead atoms. The molecule has 2 unspecified atom stereocenters. The first-order chi connectivity index (χ1) is 9.74. The molecule has 2 atom stereocenters. The zero-order valence-electron chi connectivity index (χ0n) is 12.1. The zero-order chi connectivity index (χ0) is 14.4. The highest BCUT2D eigenvalue weighted by molar-refractivity contribution is 9.10. The Hall–Kier alpha value is -0.580. The quantitative estimate of drug-likeness (QED) is 0.833. The van der Waals surface area contributed by atoms with Crippen LogP contribution in [0.2, 0.25) is 0 Å². The van der Waals surface area contributed by atoms with Crippen LogP contribution >= 0.6 is 15.9 Å². The monoisotopic (exact) mass is 341 g/mol. The number of hydrogen-bond acceptors (Lipinski definition) is 3. The molecule has 1 aromatic carbocycles. The van der Waals surface area contributed by atoms with E-state index in [0.29, 0.717) is 18.4 Å². The van der Waals surface area contributed by atoms with E-state index in [-0.39, 0.29) is 0 Å². The number of halogens is 1. The van der Waals surface area contributed by atoms with E-state index in [9.17, 15) is 5.11 Å². The number of hydrogen-bond donors (Lipinski definition) is 2. The Labute approximate surface area is 129 Å². The molecule has 2 N–H and O–H groups in total. The van der Waals surface area contributed by atoms with Gasteiger partial charge in [-0.2, -0.15) is 0 Å². The molecular weight excluding hydrogens is 318 g/mol. The van der Waals surface area contributed by atoms with Crippen molar-refractivity contribution in [2.45, 2.75) is 32.2 Å². The van der Waals surface area contributed by atoms with Gasteiger partial charge in [-0.15, -0.1) is 0 Å². The highest BCUT2D eigenvalue weighted by atomic mass is 79.9. The minimum absolute atomic E-state index is 0.329. The van der Waals surface area contributed by atoms with Crippen LogP contribution in [0.5, 0.6) is 5.75 Å². The van der Waals surface area contributed by atoms with E-state index in [1.54, 1.807) is 7.11 Å². The van der Waals surface area contributed by atoms with Crippen molar-refractivity contribution in [1.29, 1.82) is 0 Å². The van der Waals surface area contributed by atoms with E-state index < -0.39 is 0 Å². The van der Waals surface area contributed by atoms with Gasteiger partial charge in [0.15, 0.2) is 0 Å². The van der Waals surface area contributed by atoms with Crippen LogP contribution in [0.3, 0.4) is 0 Å². The van der Waals surface area contributed by atoms with Gasteiger partial charge in [-0.05, 0) is 55.0 Å². The van der Waals surface area contributed by atoms with Crippen LogP contribution in [-0.2, 0) is 6.54 Å². The lowest BCUT2D eigenvalue weighted by Gasteiger charge is -2.30. The molecule has 20 heavy (non-hydrogen) atoms. The molecule has 0 radical (unpaired) electrons. The number of aliphatic hydroxyl groups is 1. The summed E-state index contributed by atoms with van der Waals surface area (Å²) in [6.07, 6.45) is 4.97. The normalized spacial score (nSPS) is 22.8. The lowest BCUT2D eigenvalue weighted by atomic mass is 9.79. The van der Waals surface area contributed by atoms with Crippen LogP contribution in [0.1, 0.15) is 31.2 Å². The number of ether oxygens (including phenoxy) is 1. The summed E-state index contributed by atoms with van der Waals surface area (Å²) < 4.78 is 6.36. The van der Waals surface area contributed by atoms with Gasteiger partial charge in [0.25, 0.3) is 0 Å². The van der Waals surface area contributed by atoms with Crippen LogP contribution in [0.25, 0.3) is 0 Å². The SMILES string of the molecule is COc1ccc(Br)c(CNCC2CCCCC2CO)c1. The van der Waals surface area contributed by atoms with Gasteiger partial charge in [0.1, 0.15) is 5.75 Å². The maximum Gasteiger partial charge on any atom is 0.119 e. The Balaban J connectivity index is 1.85. The van der Waals surface area contributed by atoms with Crippen LogP contribution < -0.4 is 10.1 Å². The summed E-state index contributed by atoms with van der Waals surface area (Å²) >= 11 is 3.58. The Morgan fingerprint density at radius 2 is 2.05 bits per heavy atom. The second-order valence-corrected chi connectivity index (χ2v) is 6.43. The average Bonchev–Trinajstić information content (AvgIpc) is 2.49. The van der Waals surface area contributed by atoms with Gasteiger partial charge in [-0.1, -0.05) is 28.8 Å². The molecule has 0 amide bonds. The molecule has 1 aliphatic carbocycles. The maximum absolute atomic E-state index is 9.44. The zero-order valence-corrected chi connectivity index (χ0v) is 13.7. The highest BCUT2D eigenvalue weighted by Crippen LogP contribution is 2.29. The van der Waals surface area contributed by atoms with Gasteiger partial charge < -0.3 is 15.2 Å². The maximum atomic E-state index is 9.44. The van der Waals surface area contributed by atoms with Gasteiger partial charge >= 0.3 is 0 Å². The van der Waals surface area contributed by atoms with Gasteiger partial charge in [-0.25, -0.2) is 0 Å². The molecule has 1 aromatic rings. The largest absolute Gasteiger partial charge is 0.497 e. The first-order valence-electron chi connectivity index (χ1n) is 7.38. The standard InChI is InChI=1S/C16H24BrNO2/c1-20-15-6-7-16(17)14(8-15)10-18-9-12-4-2-3-5-13(12)11-19/h6-8,12-13,18-19H,2-5,9-11H2,1H3. The van der Waals surface area contributed by atoms with E-state index in [2.05, 4.69) is 27.3 Å². The minimum atomic E-state index is 0.329. The summed E-state index contributed by atoms with van der Waals surface area (Å²) in [6.45, 7) is 2.14. The average molecular weight is 342 g/mol. The predicted molar refractivity (Wildman–Crippen MR) is 84.9 cm³/mol. The van der Waals surface area contributed by atoms with Crippen molar-refractivity contribution in [1.82, 2.24) is 5.32 Å². The van der Waals surface area contributed by atoms with Gasteiger partial charge in [-0.3, -0.25) is 0 Å². The first kappa shape index (κ1) is 15.8. The van der Waals surface area contributed by atoms with E-state index in [4.69, 9.17) is 4.74 Å². The number of benzene rings is 1. The molecule has 0 heterocycles. The van der Waals surface area contributed by atoms with Gasteiger partial charge in [0.2, 0.25) is 0 Å². The summed E-state index contributed by atoms with van der Waals surface area (Å²) in [5.74, 6) is 1.97. The van der Waals surface area contributed by atoms with E-state index in [0.717, 1.165) is 23.3 Å². The Morgan fingerprint density at radius 1 is 1.30 bits per heavy atom. The summed E-state index contributed by atoms with van der Waals surface area (Å²) in [7, 11) is 1.69. The molecule has 1 fully saturated rings. The summed E-state index contributed by atoms with van der Waals surface area (Å²) in [5, 5.41) is 13.0. The third-order valence-corrected chi connectivity index (χ3v) is 5.05. The second-order valence-electron chi connectivity index (χ2n) is 5.58. The fourth-order valence-corrected chi connectivity index (χ4v) is 3.39. The highest BCUT2D eigenvalue weighted by Gasteiger charge is 2.23. The molecule has 1 saturated carbocycles. The fraction of sp³-hybridized carbons (Fsp3) is 0.625. The second kappa shape index (κ2) is 8.01.